The molecule has 1 aromatic carbocycles. The van der Waals surface area contributed by atoms with Crippen molar-refractivity contribution in [2.45, 2.75) is 6.92 Å². The standard InChI is InChI=1S/C10H9NO3/c1-7(12)14-9-4-3-8(6-11)5-10(9)13-2/h3-5H,1-2H3. The average molecular weight is 191 g/mol. The minimum Gasteiger partial charge on any atom is -0.493 e. The summed E-state index contributed by atoms with van der Waals surface area (Å²) in [4.78, 5) is 10.7. The summed E-state index contributed by atoms with van der Waals surface area (Å²) in [5.74, 6) is 0.270. The monoisotopic (exact) mass is 191 g/mol. The molecule has 0 amide bonds. The summed E-state index contributed by atoms with van der Waals surface area (Å²) in [5.41, 5.74) is 0.456. The molecule has 0 spiro atoms. The second-order valence-electron chi connectivity index (χ2n) is 2.57. The molecular formula is C10H9NO3. The normalized spacial score (nSPS) is 8.93. The quantitative estimate of drug-likeness (QED) is 0.525. The Morgan fingerprint density at radius 3 is 2.64 bits per heavy atom. The molecule has 72 valence electrons. The minimum absolute atomic E-state index is 0.319. The number of ether oxygens (including phenoxy) is 2. The van der Waals surface area contributed by atoms with Crippen molar-refractivity contribution < 1.29 is 14.3 Å². The highest BCUT2D eigenvalue weighted by atomic mass is 16.6. The van der Waals surface area contributed by atoms with E-state index in [1.165, 1.54) is 26.2 Å². The van der Waals surface area contributed by atoms with E-state index in [9.17, 15) is 4.79 Å². The number of rotatable bonds is 2. The Balaban J connectivity index is 3.06. The van der Waals surface area contributed by atoms with Gasteiger partial charge in [-0.25, -0.2) is 0 Å². The van der Waals surface area contributed by atoms with Gasteiger partial charge in [0.1, 0.15) is 0 Å². The zero-order valence-electron chi connectivity index (χ0n) is 7.90. The number of benzene rings is 1. The Kier molecular flexibility index (Phi) is 3.08. The van der Waals surface area contributed by atoms with Crippen LogP contribution in [0.5, 0.6) is 11.5 Å². The number of hydrogen-bond donors (Lipinski definition) is 0. The zero-order valence-corrected chi connectivity index (χ0v) is 7.90. The van der Waals surface area contributed by atoms with Crippen LogP contribution >= 0.6 is 0 Å². The van der Waals surface area contributed by atoms with Crippen LogP contribution in [0, 0.1) is 11.3 Å². The Hall–Kier alpha value is -2.02. The largest absolute Gasteiger partial charge is 0.493 e. The molecule has 0 radical (unpaired) electrons. The fourth-order valence-corrected chi connectivity index (χ4v) is 0.976. The summed E-state index contributed by atoms with van der Waals surface area (Å²) >= 11 is 0. The molecule has 0 aliphatic heterocycles. The summed E-state index contributed by atoms with van der Waals surface area (Å²) < 4.78 is 9.82. The lowest BCUT2D eigenvalue weighted by Crippen LogP contribution is -2.03. The van der Waals surface area contributed by atoms with E-state index in [1.54, 1.807) is 6.07 Å². The first-order chi connectivity index (χ1) is 6.67. The van der Waals surface area contributed by atoms with Gasteiger partial charge in [-0.05, 0) is 12.1 Å². The lowest BCUT2D eigenvalue weighted by molar-refractivity contribution is -0.132. The van der Waals surface area contributed by atoms with Gasteiger partial charge in [0, 0.05) is 13.0 Å². The van der Waals surface area contributed by atoms with Crippen molar-refractivity contribution in [3.63, 3.8) is 0 Å². The predicted octanol–water partition coefficient (Wildman–Crippen LogP) is 1.49. The number of nitriles is 1. The Morgan fingerprint density at radius 2 is 2.14 bits per heavy atom. The fraction of sp³-hybridized carbons (Fsp3) is 0.200. The molecule has 0 aromatic heterocycles. The molecule has 4 nitrogen and oxygen atoms in total. The lowest BCUT2D eigenvalue weighted by atomic mass is 10.2. The van der Waals surface area contributed by atoms with Crippen molar-refractivity contribution in [2.75, 3.05) is 7.11 Å². The van der Waals surface area contributed by atoms with E-state index in [0.29, 0.717) is 17.1 Å². The van der Waals surface area contributed by atoms with Gasteiger partial charge in [-0.2, -0.15) is 5.26 Å². The van der Waals surface area contributed by atoms with E-state index in [-0.39, 0.29) is 0 Å². The van der Waals surface area contributed by atoms with E-state index in [1.807, 2.05) is 6.07 Å². The molecule has 0 saturated heterocycles. The maximum Gasteiger partial charge on any atom is 0.308 e. The van der Waals surface area contributed by atoms with Gasteiger partial charge in [0.2, 0.25) is 0 Å². The molecule has 0 N–H and O–H groups in total. The highest BCUT2D eigenvalue weighted by molar-refractivity contribution is 5.70. The van der Waals surface area contributed by atoms with Crippen LogP contribution < -0.4 is 9.47 Å². The smallest absolute Gasteiger partial charge is 0.308 e. The molecule has 0 bridgehead atoms. The van der Waals surface area contributed by atoms with Gasteiger partial charge in [-0.3, -0.25) is 4.79 Å². The molecule has 0 fully saturated rings. The van der Waals surface area contributed by atoms with Crippen LogP contribution in [0.25, 0.3) is 0 Å². The van der Waals surface area contributed by atoms with E-state index >= 15 is 0 Å². The summed E-state index contributed by atoms with van der Waals surface area (Å²) in [5, 5.41) is 8.62. The highest BCUT2D eigenvalue weighted by Crippen LogP contribution is 2.27. The Bertz CT molecular complexity index is 393. The second-order valence-corrected chi connectivity index (χ2v) is 2.57. The molecule has 0 aliphatic carbocycles. The van der Waals surface area contributed by atoms with E-state index < -0.39 is 5.97 Å². The number of carbonyl (C=O) groups is 1. The predicted molar refractivity (Wildman–Crippen MR) is 49.0 cm³/mol. The number of carbonyl (C=O) groups excluding carboxylic acids is 1. The third-order valence-corrected chi connectivity index (χ3v) is 1.55. The van der Waals surface area contributed by atoms with Crippen LogP contribution in [-0.2, 0) is 4.79 Å². The molecule has 1 aromatic rings. The van der Waals surface area contributed by atoms with E-state index in [2.05, 4.69) is 0 Å². The Labute approximate surface area is 81.7 Å². The topological polar surface area (TPSA) is 59.3 Å². The van der Waals surface area contributed by atoms with Crippen molar-refractivity contribution in [1.29, 1.82) is 5.26 Å². The third-order valence-electron chi connectivity index (χ3n) is 1.55. The van der Waals surface area contributed by atoms with Crippen LogP contribution in [-0.4, -0.2) is 13.1 Å². The van der Waals surface area contributed by atoms with Gasteiger partial charge >= 0.3 is 5.97 Å². The SMILES string of the molecule is COc1cc(C#N)ccc1OC(C)=O. The number of hydrogen-bond acceptors (Lipinski definition) is 4. The minimum atomic E-state index is -0.423. The maximum absolute atomic E-state index is 10.7. The molecule has 0 unspecified atom stereocenters. The highest BCUT2D eigenvalue weighted by Gasteiger charge is 2.07. The molecule has 0 atom stereocenters. The van der Waals surface area contributed by atoms with Crippen molar-refractivity contribution in [2.24, 2.45) is 0 Å². The van der Waals surface area contributed by atoms with Crippen LogP contribution in [0.2, 0.25) is 0 Å². The number of methoxy groups -OCH3 is 1. The first kappa shape index (κ1) is 10.1. The van der Waals surface area contributed by atoms with Gasteiger partial charge < -0.3 is 9.47 Å². The fourth-order valence-electron chi connectivity index (χ4n) is 0.976. The summed E-state index contributed by atoms with van der Waals surface area (Å²) in [7, 11) is 1.45. The summed E-state index contributed by atoms with van der Waals surface area (Å²) in [6.45, 7) is 1.30. The lowest BCUT2D eigenvalue weighted by Gasteiger charge is -2.07. The van der Waals surface area contributed by atoms with Gasteiger partial charge in [0.05, 0.1) is 18.7 Å². The van der Waals surface area contributed by atoms with Gasteiger partial charge in [-0.1, -0.05) is 0 Å². The van der Waals surface area contributed by atoms with Crippen LogP contribution in [0.4, 0.5) is 0 Å². The Morgan fingerprint density at radius 1 is 1.43 bits per heavy atom. The van der Waals surface area contributed by atoms with E-state index in [4.69, 9.17) is 14.7 Å². The first-order valence-electron chi connectivity index (χ1n) is 3.94. The molecule has 1 rings (SSSR count). The summed E-state index contributed by atoms with van der Waals surface area (Å²) in [6.07, 6.45) is 0. The number of esters is 1. The average Bonchev–Trinajstić information content (AvgIpc) is 2.17. The molecule has 4 heteroatoms. The van der Waals surface area contributed by atoms with Gasteiger partial charge in [-0.15, -0.1) is 0 Å². The first-order valence-corrected chi connectivity index (χ1v) is 3.94. The van der Waals surface area contributed by atoms with Crippen molar-refractivity contribution in [3.05, 3.63) is 23.8 Å². The van der Waals surface area contributed by atoms with Crippen molar-refractivity contribution in [3.8, 4) is 17.6 Å². The third kappa shape index (κ3) is 2.23. The van der Waals surface area contributed by atoms with Crippen LogP contribution in [0.3, 0.4) is 0 Å². The van der Waals surface area contributed by atoms with Gasteiger partial charge in [0.15, 0.2) is 11.5 Å². The second kappa shape index (κ2) is 4.28. The van der Waals surface area contributed by atoms with E-state index in [0.717, 1.165) is 0 Å². The summed E-state index contributed by atoms with van der Waals surface area (Å²) in [6, 6.07) is 6.56. The van der Waals surface area contributed by atoms with Crippen LogP contribution in [0.15, 0.2) is 18.2 Å². The molecule has 14 heavy (non-hydrogen) atoms. The molecule has 0 aliphatic rings. The molecule has 0 heterocycles. The van der Waals surface area contributed by atoms with Crippen molar-refractivity contribution >= 4 is 5.97 Å². The van der Waals surface area contributed by atoms with Crippen molar-refractivity contribution in [1.82, 2.24) is 0 Å². The zero-order chi connectivity index (χ0) is 10.6. The molecular weight excluding hydrogens is 182 g/mol. The van der Waals surface area contributed by atoms with Crippen LogP contribution in [0.1, 0.15) is 12.5 Å². The van der Waals surface area contributed by atoms with Gasteiger partial charge in [0.25, 0.3) is 0 Å². The molecule has 0 saturated carbocycles. The number of nitrogens with zero attached hydrogens (tertiary/aromatic N) is 1. The maximum atomic E-state index is 10.7.